The molecule has 3 aromatic rings. The largest absolute Gasteiger partial charge is 0.476 e. The van der Waals surface area contributed by atoms with E-state index in [9.17, 15) is 37.6 Å². The Morgan fingerprint density at radius 2 is 1.77 bits per heavy atom. The molecule has 2 unspecified atom stereocenters. The van der Waals surface area contributed by atoms with E-state index in [1.54, 1.807) is 55.3 Å². The SMILES string of the molecule is CC(C)c1cc(N2C(S)N(c3ccc(C#N)c(C(F)(F)F)c3)C(=O)C2(C)C)cnc1OCCN1C[C@@H](C)N(CC(=O)Nc2cccc(NC3CCC(=O)NC3=O)c2)[C@@H](C)C1. The van der Waals surface area contributed by atoms with Gasteiger partial charge < -0.3 is 20.3 Å². The quantitative estimate of drug-likeness (QED) is 0.133. The molecule has 0 aliphatic carbocycles. The summed E-state index contributed by atoms with van der Waals surface area (Å²) in [7, 11) is 0. The molecule has 18 heteroatoms. The van der Waals surface area contributed by atoms with E-state index in [2.05, 4.69) is 44.6 Å². The van der Waals surface area contributed by atoms with Crippen LogP contribution in [0.25, 0.3) is 0 Å². The minimum absolute atomic E-state index is 0.0319. The lowest BCUT2D eigenvalue weighted by Crippen LogP contribution is -2.58. The number of rotatable bonds is 12. The highest BCUT2D eigenvalue weighted by Crippen LogP contribution is 2.43. The van der Waals surface area contributed by atoms with Gasteiger partial charge in [-0.15, -0.1) is 12.6 Å². The first-order valence-corrected chi connectivity index (χ1v) is 20.3. The lowest BCUT2D eigenvalue weighted by atomic mass is 10.0. The van der Waals surface area contributed by atoms with Crippen molar-refractivity contribution < 1.29 is 37.1 Å². The van der Waals surface area contributed by atoms with Crippen LogP contribution in [0.2, 0.25) is 0 Å². The number of carbonyl (C=O) groups excluding carboxylic acids is 4. The van der Waals surface area contributed by atoms with Crippen molar-refractivity contribution >= 4 is 59.0 Å². The lowest BCUT2D eigenvalue weighted by Gasteiger charge is -2.44. The Hall–Kier alpha value is -5.38. The predicted octanol–water partition coefficient (Wildman–Crippen LogP) is 5.57. The molecule has 3 N–H and O–H groups in total. The van der Waals surface area contributed by atoms with E-state index < -0.39 is 40.3 Å². The second kappa shape index (κ2) is 17.7. The Bertz CT molecular complexity index is 2170. The molecule has 320 valence electrons. The third-order valence-electron chi connectivity index (χ3n) is 11.2. The molecule has 4 amide bonds. The molecule has 3 aliphatic heterocycles. The van der Waals surface area contributed by atoms with Crippen LogP contribution in [-0.2, 0) is 25.4 Å². The van der Waals surface area contributed by atoms with Gasteiger partial charge >= 0.3 is 6.18 Å². The number of halogens is 3. The van der Waals surface area contributed by atoms with Crippen LogP contribution in [0.3, 0.4) is 0 Å². The van der Waals surface area contributed by atoms with Crippen molar-refractivity contribution in [2.24, 2.45) is 0 Å². The Morgan fingerprint density at radius 1 is 1.07 bits per heavy atom. The third kappa shape index (κ3) is 9.48. The van der Waals surface area contributed by atoms with Gasteiger partial charge in [0.05, 0.1) is 35.6 Å². The molecule has 6 rings (SSSR count). The van der Waals surface area contributed by atoms with Crippen molar-refractivity contribution in [3.05, 3.63) is 71.4 Å². The van der Waals surface area contributed by atoms with Crippen LogP contribution in [0, 0.1) is 11.3 Å². The molecule has 4 heterocycles. The molecule has 3 saturated heterocycles. The van der Waals surface area contributed by atoms with Crippen LogP contribution in [0.15, 0.2) is 54.7 Å². The summed E-state index contributed by atoms with van der Waals surface area (Å²) in [5.41, 5.74) is -1.33. The minimum Gasteiger partial charge on any atom is -0.476 e. The standard InChI is InChI=1S/C42H50F3N9O5S/c1-24(2)32-17-31(54-40(60)53(39(58)41(54,5)6)30-11-10-27(19-46)33(18-30)42(43,44)45)20-47-38(32)59-15-14-51-21-25(3)52(26(4)22-51)23-36(56)49-29-9-7-8-28(16-29)48-34-12-13-35(55)50-37(34)57/h7-11,16-18,20,24-26,34,40,48,60H,12-15,21-23H2,1-6H3,(H,49,56)(H,50,55,57)/t25-,26+,34?,40?. The molecule has 4 atom stereocenters. The van der Waals surface area contributed by atoms with Crippen molar-refractivity contribution in [2.75, 3.05) is 53.2 Å². The van der Waals surface area contributed by atoms with Gasteiger partial charge in [-0.3, -0.25) is 39.2 Å². The number of piperidine rings is 1. The van der Waals surface area contributed by atoms with E-state index in [4.69, 9.17) is 17.4 Å². The number of hydrogen-bond acceptors (Lipinski definition) is 12. The van der Waals surface area contributed by atoms with Crippen LogP contribution in [0.1, 0.15) is 77.0 Å². The lowest BCUT2D eigenvalue weighted by molar-refractivity contribution is -0.138. The maximum Gasteiger partial charge on any atom is 0.417 e. The molecule has 0 radical (unpaired) electrons. The van der Waals surface area contributed by atoms with Gasteiger partial charge in [-0.05, 0) is 82.5 Å². The highest BCUT2D eigenvalue weighted by Gasteiger charge is 2.52. The van der Waals surface area contributed by atoms with Crippen molar-refractivity contribution in [2.45, 2.75) is 95.6 Å². The Balaban J connectivity index is 1.05. The van der Waals surface area contributed by atoms with E-state index in [-0.39, 0.29) is 54.4 Å². The second-order valence-corrected chi connectivity index (χ2v) is 16.7. The van der Waals surface area contributed by atoms with Crippen molar-refractivity contribution in [1.29, 1.82) is 5.26 Å². The molecular weight excluding hydrogens is 800 g/mol. The Kier molecular flexibility index (Phi) is 13.0. The van der Waals surface area contributed by atoms with Crippen LogP contribution >= 0.6 is 12.6 Å². The number of ether oxygens (including phenoxy) is 1. The molecule has 3 fully saturated rings. The van der Waals surface area contributed by atoms with Gasteiger partial charge in [-0.25, -0.2) is 4.98 Å². The number of nitrogens with zero attached hydrogens (tertiary/aromatic N) is 6. The molecule has 0 saturated carbocycles. The predicted molar refractivity (Wildman–Crippen MR) is 224 cm³/mol. The normalized spacial score (nSPS) is 22.5. The van der Waals surface area contributed by atoms with E-state index >= 15 is 0 Å². The zero-order chi connectivity index (χ0) is 43.7. The zero-order valence-electron chi connectivity index (χ0n) is 34.3. The summed E-state index contributed by atoms with van der Waals surface area (Å²) in [5, 5.41) is 17.7. The molecule has 0 spiro atoms. The number of aromatic nitrogens is 1. The monoisotopic (exact) mass is 849 g/mol. The number of pyridine rings is 1. The first-order valence-electron chi connectivity index (χ1n) is 19.8. The number of alkyl halides is 3. The van der Waals surface area contributed by atoms with Crippen LogP contribution in [0.4, 0.5) is 35.9 Å². The molecule has 60 heavy (non-hydrogen) atoms. The fraction of sp³-hybridized carbons (Fsp3) is 0.476. The van der Waals surface area contributed by atoms with Gasteiger partial charge in [0.15, 0.2) is 5.50 Å². The van der Waals surface area contributed by atoms with Crippen molar-refractivity contribution in [3.63, 3.8) is 0 Å². The summed E-state index contributed by atoms with van der Waals surface area (Å²) < 4.78 is 47.7. The Morgan fingerprint density at radius 3 is 2.42 bits per heavy atom. The minimum atomic E-state index is -4.79. The van der Waals surface area contributed by atoms with Gasteiger partial charge in [-0.2, -0.15) is 18.4 Å². The summed E-state index contributed by atoms with van der Waals surface area (Å²) in [5.74, 6) is -0.895. The summed E-state index contributed by atoms with van der Waals surface area (Å²) >= 11 is 4.72. The van der Waals surface area contributed by atoms with Gasteiger partial charge in [0.25, 0.3) is 5.91 Å². The molecule has 2 aromatic carbocycles. The zero-order valence-corrected chi connectivity index (χ0v) is 35.2. The number of nitrogens with one attached hydrogen (secondary N) is 3. The fourth-order valence-electron chi connectivity index (χ4n) is 8.07. The maximum absolute atomic E-state index is 13.8. The van der Waals surface area contributed by atoms with Crippen molar-refractivity contribution in [1.82, 2.24) is 20.1 Å². The number of imide groups is 1. The summed E-state index contributed by atoms with van der Waals surface area (Å²) in [6.07, 6.45) is -2.57. The number of piperazine rings is 1. The highest BCUT2D eigenvalue weighted by molar-refractivity contribution is 7.81. The van der Waals surface area contributed by atoms with Gasteiger partial charge in [-0.1, -0.05) is 19.9 Å². The van der Waals surface area contributed by atoms with E-state index in [1.165, 1.54) is 11.0 Å². The molecule has 14 nitrogen and oxygen atoms in total. The molecule has 1 aromatic heterocycles. The van der Waals surface area contributed by atoms with E-state index in [0.29, 0.717) is 55.6 Å². The van der Waals surface area contributed by atoms with Crippen LogP contribution in [0.5, 0.6) is 5.88 Å². The molecule has 0 bridgehead atoms. The number of amides is 4. The average Bonchev–Trinajstić information content (AvgIpc) is 3.35. The van der Waals surface area contributed by atoms with Gasteiger partial charge in [0.2, 0.25) is 23.6 Å². The highest BCUT2D eigenvalue weighted by atomic mass is 32.1. The molecular formula is C42H50F3N9O5S. The molecule has 3 aliphatic rings. The van der Waals surface area contributed by atoms with Crippen molar-refractivity contribution in [3.8, 4) is 11.9 Å². The Labute approximate surface area is 352 Å². The van der Waals surface area contributed by atoms with Gasteiger partial charge in [0, 0.05) is 60.8 Å². The third-order valence-corrected chi connectivity index (χ3v) is 11.6. The van der Waals surface area contributed by atoms with Crippen LogP contribution in [-0.4, -0.2) is 100 Å². The topological polar surface area (TPSA) is 163 Å². The number of benzene rings is 2. The van der Waals surface area contributed by atoms with Crippen LogP contribution < -0.4 is 30.5 Å². The summed E-state index contributed by atoms with van der Waals surface area (Å²) in [4.78, 5) is 62.6. The first kappa shape index (κ1) is 44.2. The first-order chi connectivity index (χ1) is 28.3. The summed E-state index contributed by atoms with van der Waals surface area (Å²) in [6, 6.07) is 13.3. The number of hydrogen-bond donors (Lipinski definition) is 4. The second-order valence-electron chi connectivity index (χ2n) is 16.3. The van der Waals surface area contributed by atoms with Gasteiger partial charge in [0.1, 0.15) is 18.2 Å². The number of carbonyl (C=O) groups is 4. The number of nitriles is 1. The maximum atomic E-state index is 13.8. The van der Waals surface area contributed by atoms with E-state index in [0.717, 1.165) is 17.7 Å². The number of thiol groups is 1. The fourth-order valence-corrected chi connectivity index (χ4v) is 8.73. The smallest absolute Gasteiger partial charge is 0.417 e. The summed E-state index contributed by atoms with van der Waals surface area (Å²) in [6.45, 7) is 14.0. The average molecular weight is 850 g/mol. The van der Waals surface area contributed by atoms with E-state index in [1.807, 2.05) is 19.9 Å². The number of anilines is 4.